The highest BCUT2D eigenvalue weighted by Crippen LogP contribution is 2.22. The van der Waals surface area contributed by atoms with Crippen molar-refractivity contribution in [2.75, 3.05) is 5.32 Å². The number of H-pyrrole nitrogens is 1. The van der Waals surface area contributed by atoms with E-state index < -0.39 is 0 Å². The van der Waals surface area contributed by atoms with Gasteiger partial charge in [0.05, 0.1) is 0 Å². The molecule has 2 N–H and O–H groups in total. The van der Waals surface area contributed by atoms with Crippen LogP contribution in [0.4, 0.5) is 5.69 Å². The van der Waals surface area contributed by atoms with Crippen LogP contribution in [0.3, 0.4) is 0 Å². The Morgan fingerprint density at radius 3 is 2.79 bits per heavy atom. The highest BCUT2D eigenvalue weighted by atomic mass is 35.5. The molecule has 0 saturated heterocycles. The number of hydrogen-bond acceptors (Lipinski definition) is 2. The van der Waals surface area contributed by atoms with Gasteiger partial charge in [0.2, 0.25) is 5.91 Å². The Morgan fingerprint density at radius 2 is 1.96 bits per heavy atom. The van der Waals surface area contributed by atoms with Gasteiger partial charge < -0.3 is 10.3 Å². The predicted molar refractivity (Wildman–Crippen MR) is 98.4 cm³/mol. The molecule has 1 heterocycles. The van der Waals surface area contributed by atoms with E-state index in [1.54, 1.807) is 24.3 Å². The molecule has 0 aliphatic heterocycles. The third-order valence-electron chi connectivity index (χ3n) is 3.72. The van der Waals surface area contributed by atoms with Gasteiger partial charge >= 0.3 is 0 Å². The van der Waals surface area contributed by atoms with E-state index in [2.05, 4.69) is 10.3 Å². The molecule has 5 heteroatoms. The van der Waals surface area contributed by atoms with Crippen LogP contribution in [0.2, 0.25) is 5.02 Å². The number of fused-ring (bicyclic) bond motifs is 1. The topological polar surface area (TPSA) is 62.0 Å². The van der Waals surface area contributed by atoms with Crippen molar-refractivity contribution in [3.63, 3.8) is 0 Å². The Morgan fingerprint density at radius 1 is 1.17 bits per heavy atom. The molecular weight excluding hydrogens is 324 g/mol. The first kappa shape index (κ1) is 16.0. The summed E-state index contributed by atoms with van der Waals surface area (Å²) in [6, 6.07) is 14.5. The quantitative estimate of drug-likeness (QED) is 0.705. The number of amides is 1. The Bertz CT molecular complexity index is 1010. The molecule has 3 aromatic rings. The summed E-state index contributed by atoms with van der Waals surface area (Å²) in [5, 5.41) is 4.25. The molecular formula is C19H15ClN2O2. The van der Waals surface area contributed by atoms with Crippen molar-refractivity contribution in [3.05, 3.63) is 81.1 Å². The number of hydrogen-bond donors (Lipinski definition) is 2. The third-order valence-corrected chi connectivity index (χ3v) is 4.13. The molecule has 120 valence electrons. The van der Waals surface area contributed by atoms with Crippen molar-refractivity contribution in [2.24, 2.45) is 0 Å². The van der Waals surface area contributed by atoms with Crippen LogP contribution in [-0.2, 0) is 4.79 Å². The summed E-state index contributed by atoms with van der Waals surface area (Å²) in [6.45, 7) is 1.83. The molecule has 0 atom stereocenters. The molecule has 1 amide bonds. The van der Waals surface area contributed by atoms with Crippen LogP contribution < -0.4 is 10.9 Å². The van der Waals surface area contributed by atoms with Crippen LogP contribution in [-0.4, -0.2) is 10.9 Å². The zero-order chi connectivity index (χ0) is 17.1. The van der Waals surface area contributed by atoms with Gasteiger partial charge in [-0.1, -0.05) is 35.9 Å². The van der Waals surface area contributed by atoms with Gasteiger partial charge in [-0.15, -0.1) is 0 Å². The van der Waals surface area contributed by atoms with E-state index in [1.165, 1.54) is 12.2 Å². The number of aromatic nitrogens is 1. The maximum absolute atomic E-state index is 12.1. The number of halogens is 1. The van der Waals surface area contributed by atoms with Crippen molar-refractivity contribution >= 4 is 40.2 Å². The van der Waals surface area contributed by atoms with Crippen molar-refractivity contribution in [1.82, 2.24) is 4.98 Å². The summed E-state index contributed by atoms with van der Waals surface area (Å²) in [7, 11) is 0. The van der Waals surface area contributed by atoms with Gasteiger partial charge in [0.15, 0.2) is 0 Å². The van der Waals surface area contributed by atoms with Crippen LogP contribution in [0.15, 0.2) is 59.4 Å². The van der Waals surface area contributed by atoms with E-state index in [0.717, 1.165) is 16.5 Å². The first-order chi connectivity index (χ1) is 11.5. The maximum atomic E-state index is 12.1. The summed E-state index contributed by atoms with van der Waals surface area (Å²) in [4.78, 5) is 26.9. The van der Waals surface area contributed by atoms with E-state index in [9.17, 15) is 9.59 Å². The zero-order valence-electron chi connectivity index (χ0n) is 13.0. The fourth-order valence-electron chi connectivity index (χ4n) is 2.37. The largest absolute Gasteiger partial charge is 0.322 e. The minimum atomic E-state index is -0.326. The van der Waals surface area contributed by atoms with Crippen LogP contribution in [0.25, 0.3) is 17.0 Å². The van der Waals surface area contributed by atoms with Crippen molar-refractivity contribution < 1.29 is 4.79 Å². The lowest BCUT2D eigenvalue weighted by molar-refractivity contribution is -0.111. The standard InChI is InChI=1S/C19H15ClN2O2/c1-12-15(20)6-4-8-16(12)21-18(23)10-9-14-11-13-5-2-3-7-17(13)22-19(14)24/h2-11H,1H3,(H,21,23)(H,22,24)/b10-9+. The van der Waals surface area contributed by atoms with Crippen molar-refractivity contribution in [3.8, 4) is 0 Å². The SMILES string of the molecule is Cc1c(Cl)cccc1NC(=O)/C=C/c1cc2ccccc2[nH]c1=O. The molecule has 0 aliphatic carbocycles. The smallest absolute Gasteiger partial charge is 0.255 e. The summed E-state index contributed by atoms with van der Waals surface area (Å²) >= 11 is 6.03. The number of pyridine rings is 1. The number of carbonyl (C=O) groups excluding carboxylic acids is 1. The van der Waals surface area contributed by atoms with Gasteiger partial charge in [-0.2, -0.15) is 0 Å². The van der Waals surface area contributed by atoms with Crippen LogP contribution >= 0.6 is 11.6 Å². The first-order valence-electron chi connectivity index (χ1n) is 7.41. The van der Waals surface area contributed by atoms with Crippen LogP contribution in [0, 0.1) is 6.92 Å². The molecule has 0 radical (unpaired) electrons. The molecule has 1 aromatic heterocycles. The summed E-state index contributed by atoms with van der Waals surface area (Å²) in [5.41, 5.74) is 2.39. The molecule has 24 heavy (non-hydrogen) atoms. The summed E-state index contributed by atoms with van der Waals surface area (Å²) in [6.07, 6.45) is 2.83. The van der Waals surface area contributed by atoms with Gasteiger partial charge in [0, 0.05) is 27.9 Å². The second kappa shape index (κ2) is 6.72. The number of benzene rings is 2. The average Bonchev–Trinajstić information content (AvgIpc) is 2.57. The lowest BCUT2D eigenvalue weighted by atomic mass is 10.1. The molecule has 0 bridgehead atoms. The Hall–Kier alpha value is -2.85. The fourth-order valence-corrected chi connectivity index (χ4v) is 2.55. The summed E-state index contributed by atoms with van der Waals surface area (Å²) < 4.78 is 0. The normalized spacial score (nSPS) is 11.1. The van der Waals surface area contributed by atoms with Gasteiger partial charge in [-0.25, -0.2) is 0 Å². The highest BCUT2D eigenvalue weighted by Gasteiger charge is 2.05. The Kier molecular flexibility index (Phi) is 4.49. The highest BCUT2D eigenvalue weighted by molar-refractivity contribution is 6.31. The molecule has 0 saturated carbocycles. The van der Waals surface area contributed by atoms with Gasteiger partial charge in [-0.05, 0) is 48.2 Å². The average molecular weight is 339 g/mol. The molecule has 2 aromatic carbocycles. The molecule has 4 nitrogen and oxygen atoms in total. The number of para-hydroxylation sites is 1. The van der Waals surface area contributed by atoms with Gasteiger partial charge in [0.25, 0.3) is 5.56 Å². The van der Waals surface area contributed by atoms with E-state index in [4.69, 9.17) is 11.6 Å². The van der Waals surface area contributed by atoms with Crippen LogP contribution in [0.1, 0.15) is 11.1 Å². The second-order valence-corrected chi connectivity index (χ2v) is 5.78. The van der Waals surface area contributed by atoms with Gasteiger partial charge in [0.1, 0.15) is 0 Å². The molecule has 0 aliphatic rings. The molecule has 0 fully saturated rings. The van der Waals surface area contributed by atoms with Crippen molar-refractivity contribution in [2.45, 2.75) is 6.92 Å². The monoisotopic (exact) mass is 338 g/mol. The first-order valence-corrected chi connectivity index (χ1v) is 7.78. The number of carbonyl (C=O) groups is 1. The fraction of sp³-hybridized carbons (Fsp3) is 0.0526. The molecule has 0 unspecified atom stereocenters. The predicted octanol–water partition coefficient (Wildman–Crippen LogP) is 4.14. The lowest BCUT2D eigenvalue weighted by Crippen LogP contribution is -2.11. The van der Waals surface area contributed by atoms with E-state index in [0.29, 0.717) is 16.3 Å². The maximum Gasteiger partial charge on any atom is 0.255 e. The van der Waals surface area contributed by atoms with E-state index in [1.807, 2.05) is 31.2 Å². The molecule has 0 spiro atoms. The van der Waals surface area contributed by atoms with E-state index >= 15 is 0 Å². The third kappa shape index (κ3) is 3.39. The Labute approximate surface area is 143 Å². The van der Waals surface area contributed by atoms with Crippen molar-refractivity contribution in [1.29, 1.82) is 0 Å². The second-order valence-electron chi connectivity index (χ2n) is 5.38. The van der Waals surface area contributed by atoms with E-state index in [-0.39, 0.29) is 11.5 Å². The number of rotatable bonds is 3. The minimum absolute atomic E-state index is 0.239. The summed E-state index contributed by atoms with van der Waals surface area (Å²) in [5.74, 6) is -0.326. The zero-order valence-corrected chi connectivity index (χ0v) is 13.7. The number of nitrogens with one attached hydrogen (secondary N) is 2. The lowest BCUT2D eigenvalue weighted by Gasteiger charge is -2.07. The number of anilines is 1. The van der Waals surface area contributed by atoms with Gasteiger partial charge in [-0.3, -0.25) is 9.59 Å². The number of aromatic amines is 1. The minimum Gasteiger partial charge on any atom is -0.322 e. The Balaban J connectivity index is 1.83. The van der Waals surface area contributed by atoms with Crippen LogP contribution in [0.5, 0.6) is 0 Å². The molecule has 3 rings (SSSR count).